The van der Waals surface area contributed by atoms with Crippen LogP contribution in [0.5, 0.6) is 0 Å². The monoisotopic (exact) mass is 452 g/mol. The van der Waals surface area contributed by atoms with Gasteiger partial charge in [-0.3, -0.25) is 0 Å². The van der Waals surface area contributed by atoms with Gasteiger partial charge in [-0.1, -0.05) is 58.0 Å². The molecule has 1 aliphatic carbocycles. The van der Waals surface area contributed by atoms with Crippen molar-refractivity contribution >= 4 is 45.2 Å². The van der Waals surface area contributed by atoms with E-state index >= 15 is 0 Å². The molecule has 0 saturated heterocycles. The number of alkyl halides is 2. The predicted octanol–water partition coefficient (Wildman–Crippen LogP) is 3.98. The first-order chi connectivity index (χ1) is 7.88. The zero-order valence-corrected chi connectivity index (χ0v) is 14.1. The number of ether oxygens (including phenoxy) is 2. The lowest BCUT2D eigenvalue weighted by Crippen LogP contribution is -2.35. The molecule has 1 fully saturated rings. The molecule has 16 heavy (non-hydrogen) atoms. The molecule has 0 spiro atoms. The van der Waals surface area contributed by atoms with Crippen molar-refractivity contribution in [3.63, 3.8) is 0 Å². The molecule has 0 aromatic rings. The lowest BCUT2D eigenvalue weighted by Gasteiger charge is -2.31. The topological polar surface area (TPSA) is 18.5 Å². The van der Waals surface area contributed by atoms with Gasteiger partial charge in [0.15, 0.2) is 0 Å². The normalized spacial score (nSPS) is 25.9. The first-order valence-corrected chi connectivity index (χ1v) is 9.28. The predicted molar refractivity (Wildman–Crippen MR) is 85.0 cm³/mol. The summed E-state index contributed by atoms with van der Waals surface area (Å²) in [6.45, 7) is 1.81. The highest BCUT2D eigenvalue weighted by molar-refractivity contribution is 14.1. The van der Waals surface area contributed by atoms with Crippen LogP contribution in [0.1, 0.15) is 38.5 Å². The van der Waals surface area contributed by atoms with Crippen molar-refractivity contribution in [2.75, 3.05) is 22.1 Å². The maximum absolute atomic E-state index is 5.93. The molecule has 2 nitrogen and oxygen atoms in total. The molecule has 0 aliphatic heterocycles. The molecule has 0 amide bonds. The second-order valence-corrected chi connectivity index (χ2v) is 6.35. The molecule has 0 aromatic heterocycles. The Morgan fingerprint density at radius 3 is 1.62 bits per heavy atom. The molecular weight excluding hydrogens is 430 g/mol. The zero-order chi connectivity index (χ0) is 11.6. The Morgan fingerprint density at radius 1 is 0.812 bits per heavy atom. The molecule has 0 bridgehead atoms. The van der Waals surface area contributed by atoms with Gasteiger partial charge < -0.3 is 9.47 Å². The van der Waals surface area contributed by atoms with Crippen LogP contribution in [0.3, 0.4) is 0 Å². The Labute approximate surface area is 126 Å². The minimum absolute atomic E-state index is 0.367. The van der Waals surface area contributed by atoms with Gasteiger partial charge >= 0.3 is 0 Å². The van der Waals surface area contributed by atoms with Crippen LogP contribution >= 0.6 is 45.2 Å². The smallest absolute Gasteiger partial charge is 0.0836 e. The summed E-state index contributed by atoms with van der Waals surface area (Å²) in [6, 6.07) is 0. The lowest BCUT2D eigenvalue weighted by molar-refractivity contribution is -0.0913. The molecule has 4 heteroatoms. The van der Waals surface area contributed by atoms with Crippen LogP contribution in [0.4, 0.5) is 0 Å². The van der Waals surface area contributed by atoms with Crippen molar-refractivity contribution in [2.24, 2.45) is 0 Å². The Hall–Kier alpha value is 1.38. The average molecular weight is 452 g/mol. The fourth-order valence-electron chi connectivity index (χ4n) is 2.02. The van der Waals surface area contributed by atoms with E-state index in [1.54, 1.807) is 0 Å². The third kappa shape index (κ3) is 6.35. The second kappa shape index (κ2) is 10.3. The molecule has 0 radical (unpaired) electrons. The zero-order valence-electron chi connectivity index (χ0n) is 9.80. The van der Waals surface area contributed by atoms with Crippen LogP contribution < -0.4 is 0 Å². The standard InChI is InChI=1S/C12H22I2O2/c13-7-3-9-15-11-5-1-2-6-12(11)16-10-4-8-14/h11-12H,1-10H2/t11-,12-/m1/s1. The maximum atomic E-state index is 5.93. The van der Waals surface area contributed by atoms with E-state index in [1.807, 2.05) is 0 Å². The van der Waals surface area contributed by atoms with Crippen LogP contribution in [-0.4, -0.2) is 34.3 Å². The first-order valence-electron chi connectivity index (χ1n) is 6.23. The van der Waals surface area contributed by atoms with Crippen LogP contribution in [0, 0.1) is 0 Å². The van der Waals surface area contributed by atoms with Gasteiger partial charge in [-0.05, 0) is 25.7 Å². The summed E-state index contributed by atoms with van der Waals surface area (Å²) in [5.74, 6) is 0. The number of hydrogen-bond acceptors (Lipinski definition) is 2. The van der Waals surface area contributed by atoms with Crippen molar-refractivity contribution < 1.29 is 9.47 Å². The van der Waals surface area contributed by atoms with E-state index in [0.29, 0.717) is 12.2 Å². The quantitative estimate of drug-likeness (QED) is 0.315. The van der Waals surface area contributed by atoms with E-state index in [0.717, 1.165) is 26.1 Å². The van der Waals surface area contributed by atoms with Gasteiger partial charge in [0, 0.05) is 22.1 Å². The molecule has 0 unspecified atom stereocenters. The maximum Gasteiger partial charge on any atom is 0.0836 e. The van der Waals surface area contributed by atoms with Crippen LogP contribution in [0.15, 0.2) is 0 Å². The third-order valence-corrected chi connectivity index (χ3v) is 4.39. The molecule has 0 heterocycles. The summed E-state index contributed by atoms with van der Waals surface area (Å²) < 4.78 is 14.2. The molecule has 1 saturated carbocycles. The second-order valence-electron chi connectivity index (χ2n) is 4.19. The number of halogens is 2. The molecule has 1 rings (SSSR count). The van der Waals surface area contributed by atoms with Crippen molar-refractivity contribution in [2.45, 2.75) is 50.7 Å². The van der Waals surface area contributed by atoms with Gasteiger partial charge in [0.1, 0.15) is 0 Å². The fraction of sp³-hybridized carbons (Fsp3) is 1.00. The van der Waals surface area contributed by atoms with Gasteiger partial charge in [-0.15, -0.1) is 0 Å². The van der Waals surface area contributed by atoms with Gasteiger partial charge in [-0.2, -0.15) is 0 Å². The van der Waals surface area contributed by atoms with Gasteiger partial charge in [0.25, 0.3) is 0 Å². The van der Waals surface area contributed by atoms with Crippen LogP contribution in [-0.2, 0) is 9.47 Å². The first kappa shape index (κ1) is 15.4. The Bertz CT molecular complexity index is 149. The third-order valence-electron chi connectivity index (χ3n) is 2.86. The largest absolute Gasteiger partial charge is 0.375 e. The van der Waals surface area contributed by atoms with E-state index in [1.165, 1.54) is 34.5 Å². The average Bonchev–Trinajstić information content (AvgIpc) is 2.32. The minimum Gasteiger partial charge on any atom is -0.375 e. The summed E-state index contributed by atoms with van der Waals surface area (Å²) in [7, 11) is 0. The fourth-order valence-corrected chi connectivity index (χ4v) is 2.65. The number of rotatable bonds is 8. The Morgan fingerprint density at radius 2 is 1.25 bits per heavy atom. The van der Waals surface area contributed by atoms with E-state index in [-0.39, 0.29) is 0 Å². The highest BCUT2D eigenvalue weighted by Crippen LogP contribution is 2.24. The van der Waals surface area contributed by atoms with Crippen LogP contribution in [0.25, 0.3) is 0 Å². The van der Waals surface area contributed by atoms with E-state index in [4.69, 9.17) is 9.47 Å². The summed E-state index contributed by atoms with van der Waals surface area (Å²) in [5.41, 5.74) is 0. The van der Waals surface area contributed by atoms with Gasteiger partial charge in [-0.25, -0.2) is 0 Å². The highest BCUT2D eigenvalue weighted by Gasteiger charge is 2.26. The summed E-state index contributed by atoms with van der Waals surface area (Å²) in [4.78, 5) is 0. The molecule has 96 valence electrons. The van der Waals surface area contributed by atoms with E-state index in [9.17, 15) is 0 Å². The molecule has 1 aliphatic rings. The van der Waals surface area contributed by atoms with Gasteiger partial charge in [0.05, 0.1) is 12.2 Å². The highest BCUT2D eigenvalue weighted by atomic mass is 127. The Kier molecular flexibility index (Phi) is 9.95. The van der Waals surface area contributed by atoms with E-state index in [2.05, 4.69) is 45.2 Å². The van der Waals surface area contributed by atoms with Crippen molar-refractivity contribution in [3.8, 4) is 0 Å². The number of hydrogen-bond donors (Lipinski definition) is 0. The Balaban J connectivity index is 2.20. The van der Waals surface area contributed by atoms with Gasteiger partial charge in [0.2, 0.25) is 0 Å². The molecule has 0 N–H and O–H groups in total. The molecule has 2 atom stereocenters. The SMILES string of the molecule is ICCCO[C@@H]1CCCC[C@H]1OCCCI. The molecular formula is C12H22I2O2. The summed E-state index contributed by atoms with van der Waals surface area (Å²) in [6.07, 6.45) is 8.06. The van der Waals surface area contributed by atoms with Crippen LogP contribution in [0.2, 0.25) is 0 Å². The van der Waals surface area contributed by atoms with Crippen molar-refractivity contribution in [1.82, 2.24) is 0 Å². The van der Waals surface area contributed by atoms with Crippen molar-refractivity contribution in [3.05, 3.63) is 0 Å². The molecule has 0 aromatic carbocycles. The lowest BCUT2D eigenvalue weighted by atomic mass is 9.94. The summed E-state index contributed by atoms with van der Waals surface area (Å²) >= 11 is 4.80. The van der Waals surface area contributed by atoms with Crippen molar-refractivity contribution in [1.29, 1.82) is 0 Å². The minimum atomic E-state index is 0.367. The van der Waals surface area contributed by atoms with E-state index < -0.39 is 0 Å². The summed E-state index contributed by atoms with van der Waals surface area (Å²) in [5, 5.41) is 0.